The molecule has 0 aromatic rings. The molecule has 2 atom stereocenters. The summed E-state index contributed by atoms with van der Waals surface area (Å²) in [6.45, 7) is 1.93. The van der Waals surface area contributed by atoms with E-state index in [1.807, 2.05) is 0 Å². The first-order valence-electron chi connectivity index (χ1n) is 3.95. The van der Waals surface area contributed by atoms with E-state index in [9.17, 15) is 23.8 Å². The van der Waals surface area contributed by atoms with Crippen LogP contribution in [0.15, 0.2) is 0 Å². The summed E-state index contributed by atoms with van der Waals surface area (Å²) in [4.78, 5) is 30.7. The van der Waals surface area contributed by atoms with Gasteiger partial charge in [0.15, 0.2) is 0 Å². The molecule has 90 valence electrons. The van der Waals surface area contributed by atoms with Crippen molar-refractivity contribution in [2.45, 2.75) is 18.9 Å². The van der Waals surface area contributed by atoms with E-state index in [2.05, 4.69) is 8.83 Å². The highest BCUT2D eigenvalue weighted by atomic mass is 31.3. The molecule has 0 aromatic heterocycles. The van der Waals surface area contributed by atoms with Crippen LogP contribution in [0.5, 0.6) is 0 Å². The highest BCUT2D eigenvalue weighted by molar-refractivity contribution is 7.58. The predicted molar refractivity (Wildman–Crippen MR) is 41.2 cm³/mol. The number of phosphoric acid groups is 2. The maximum absolute atomic E-state index is 10.7. The summed E-state index contributed by atoms with van der Waals surface area (Å²) < 4.78 is 33.0. The molecule has 1 rings (SSSR count). The van der Waals surface area contributed by atoms with Crippen LogP contribution in [0, 0.1) is 0 Å². The molecular weight excluding hydrogens is 250 g/mol. The topological polar surface area (TPSA) is 134 Å². The van der Waals surface area contributed by atoms with Crippen molar-refractivity contribution in [1.82, 2.24) is 0 Å². The SMILES string of the molecule is CC1(CCOP(=O)([O-])OP(=O)([O-])[O-])CO1. The van der Waals surface area contributed by atoms with Crippen LogP contribution >= 0.6 is 15.6 Å². The van der Waals surface area contributed by atoms with Gasteiger partial charge in [0.05, 0.1) is 26.6 Å². The Labute approximate surface area is 86.0 Å². The molecule has 1 saturated heterocycles. The van der Waals surface area contributed by atoms with Gasteiger partial charge in [-0.25, -0.2) is 0 Å². The molecule has 0 saturated carbocycles. The molecule has 0 spiro atoms. The third kappa shape index (κ3) is 5.75. The second-order valence-corrected chi connectivity index (χ2v) is 6.00. The quantitative estimate of drug-likeness (QED) is 0.415. The zero-order chi connectivity index (χ0) is 11.7. The Bertz CT molecular complexity index is 317. The number of rotatable bonds is 6. The Kier molecular flexibility index (Phi) is 3.75. The average Bonchev–Trinajstić information content (AvgIpc) is 2.61. The molecule has 0 N–H and O–H groups in total. The lowest BCUT2D eigenvalue weighted by atomic mass is 10.1. The smallest absolute Gasteiger partial charge is 0.271 e. The minimum absolute atomic E-state index is 0.268. The molecule has 1 aliphatic rings. The summed E-state index contributed by atoms with van der Waals surface area (Å²) in [6.07, 6.45) is 0.268. The second kappa shape index (κ2) is 4.24. The van der Waals surface area contributed by atoms with Gasteiger partial charge in [-0.2, -0.15) is 0 Å². The van der Waals surface area contributed by atoms with Crippen LogP contribution in [0.2, 0.25) is 0 Å². The summed E-state index contributed by atoms with van der Waals surface area (Å²) >= 11 is 0. The van der Waals surface area contributed by atoms with Crippen molar-refractivity contribution in [3.8, 4) is 0 Å². The molecule has 2 unspecified atom stereocenters. The van der Waals surface area contributed by atoms with E-state index in [1.165, 1.54) is 0 Å². The van der Waals surface area contributed by atoms with Crippen molar-refractivity contribution < 1.29 is 37.4 Å². The maximum atomic E-state index is 10.7. The van der Waals surface area contributed by atoms with E-state index < -0.39 is 21.2 Å². The highest BCUT2D eigenvalue weighted by Gasteiger charge is 2.38. The summed E-state index contributed by atoms with van der Waals surface area (Å²) in [7, 11) is -10.7. The monoisotopic (exact) mass is 259 g/mol. The van der Waals surface area contributed by atoms with Crippen LogP contribution in [0.4, 0.5) is 0 Å². The van der Waals surface area contributed by atoms with E-state index in [1.54, 1.807) is 6.92 Å². The van der Waals surface area contributed by atoms with Crippen molar-refractivity contribution >= 4 is 15.6 Å². The van der Waals surface area contributed by atoms with Crippen molar-refractivity contribution in [3.05, 3.63) is 0 Å². The molecule has 1 heterocycles. The fraction of sp³-hybridized carbons (Fsp3) is 1.00. The normalized spacial score (nSPS) is 29.9. The van der Waals surface area contributed by atoms with Crippen LogP contribution < -0.4 is 14.7 Å². The van der Waals surface area contributed by atoms with Crippen molar-refractivity contribution in [1.29, 1.82) is 0 Å². The lowest BCUT2D eigenvalue weighted by Crippen LogP contribution is -2.20. The van der Waals surface area contributed by atoms with Crippen LogP contribution in [0.25, 0.3) is 0 Å². The zero-order valence-corrected chi connectivity index (χ0v) is 9.57. The predicted octanol–water partition coefficient (Wildman–Crippen LogP) is -1.50. The fourth-order valence-corrected chi connectivity index (χ4v) is 2.27. The lowest BCUT2D eigenvalue weighted by Gasteiger charge is -2.35. The Morgan fingerprint density at radius 1 is 1.40 bits per heavy atom. The molecular formula is C5H9O8P2-3. The van der Waals surface area contributed by atoms with E-state index >= 15 is 0 Å². The first-order chi connectivity index (χ1) is 6.62. The van der Waals surface area contributed by atoms with Gasteiger partial charge >= 0.3 is 0 Å². The molecule has 1 fully saturated rings. The number of ether oxygens (including phenoxy) is 1. The summed E-state index contributed by atoms with van der Waals surface area (Å²) in [5, 5.41) is 0. The van der Waals surface area contributed by atoms with Crippen molar-refractivity contribution in [2.75, 3.05) is 13.2 Å². The summed E-state index contributed by atoms with van der Waals surface area (Å²) in [5.74, 6) is 0. The van der Waals surface area contributed by atoms with Crippen LogP contribution in [0.3, 0.4) is 0 Å². The fourth-order valence-electron chi connectivity index (χ4n) is 0.787. The lowest BCUT2D eigenvalue weighted by molar-refractivity contribution is -0.339. The standard InChI is InChI=1S/C5H12O8P2/c1-5(4-11-5)2-3-12-15(9,10)13-14(6,7)8/h2-4H2,1H3,(H,9,10)(H2,6,7,8)/p-3. The molecule has 1 aliphatic heterocycles. The van der Waals surface area contributed by atoms with Gasteiger partial charge in [0.25, 0.3) is 7.82 Å². The number of hydrogen-bond acceptors (Lipinski definition) is 8. The number of hydrogen-bond donors (Lipinski definition) is 0. The van der Waals surface area contributed by atoms with E-state index in [-0.39, 0.29) is 13.0 Å². The van der Waals surface area contributed by atoms with Gasteiger partial charge < -0.3 is 28.5 Å². The Morgan fingerprint density at radius 3 is 2.33 bits per heavy atom. The Balaban J connectivity index is 2.30. The number of epoxide rings is 1. The third-order valence-corrected chi connectivity index (χ3v) is 3.82. The molecule has 0 bridgehead atoms. The van der Waals surface area contributed by atoms with Crippen molar-refractivity contribution in [3.63, 3.8) is 0 Å². The van der Waals surface area contributed by atoms with Gasteiger partial charge in [-0.15, -0.1) is 0 Å². The first-order valence-corrected chi connectivity index (χ1v) is 6.87. The average molecular weight is 259 g/mol. The first kappa shape index (κ1) is 13.3. The van der Waals surface area contributed by atoms with Gasteiger partial charge in [-0.05, 0) is 6.92 Å². The summed E-state index contributed by atoms with van der Waals surface area (Å²) in [6, 6.07) is 0. The maximum Gasteiger partial charge on any atom is 0.271 e. The Morgan fingerprint density at radius 2 is 1.93 bits per heavy atom. The molecule has 0 radical (unpaired) electrons. The van der Waals surface area contributed by atoms with Crippen LogP contribution in [-0.2, 0) is 22.7 Å². The van der Waals surface area contributed by atoms with Gasteiger partial charge in [-0.3, -0.25) is 8.88 Å². The highest BCUT2D eigenvalue weighted by Crippen LogP contribution is 2.50. The van der Waals surface area contributed by atoms with Crippen LogP contribution in [0.1, 0.15) is 13.3 Å². The minimum Gasteiger partial charge on any atom is -0.790 e. The molecule has 0 aromatic carbocycles. The van der Waals surface area contributed by atoms with Gasteiger partial charge in [-0.1, -0.05) is 0 Å². The summed E-state index contributed by atoms with van der Waals surface area (Å²) in [5.41, 5.74) is -0.418. The van der Waals surface area contributed by atoms with Gasteiger partial charge in [0, 0.05) is 6.42 Å². The Hall–Kier alpha value is 0.220. The van der Waals surface area contributed by atoms with Gasteiger partial charge in [0.2, 0.25) is 0 Å². The largest absolute Gasteiger partial charge is 0.790 e. The van der Waals surface area contributed by atoms with E-state index in [0.29, 0.717) is 6.61 Å². The molecule has 10 heteroatoms. The molecule has 0 aliphatic carbocycles. The molecule has 15 heavy (non-hydrogen) atoms. The number of phosphoric ester groups is 1. The van der Waals surface area contributed by atoms with E-state index in [4.69, 9.17) is 4.74 Å². The second-order valence-electron chi connectivity index (χ2n) is 3.30. The van der Waals surface area contributed by atoms with E-state index in [0.717, 1.165) is 0 Å². The minimum atomic E-state index is -5.58. The van der Waals surface area contributed by atoms with Crippen molar-refractivity contribution in [2.24, 2.45) is 0 Å². The molecule has 8 nitrogen and oxygen atoms in total. The third-order valence-electron chi connectivity index (χ3n) is 1.72. The van der Waals surface area contributed by atoms with Crippen LogP contribution in [-0.4, -0.2) is 18.8 Å². The van der Waals surface area contributed by atoms with Gasteiger partial charge in [0.1, 0.15) is 0 Å². The zero-order valence-electron chi connectivity index (χ0n) is 7.78. The molecule has 0 amide bonds.